The zero-order valence-corrected chi connectivity index (χ0v) is 18.5. The summed E-state index contributed by atoms with van der Waals surface area (Å²) >= 11 is 0. The molecule has 3 aliphatic rings. The average Bonchev–Trinajstić information content (AvgIpc) is 3.13. The highest BCUT2D eigenvalue weighted by Gasteiger charge is 2.37. The number of piperazine rings is 1. The molecule has 2 aromatic carbocycles. The highest BCUT2D eigenvalue weighted by atomic mass is 16.3. The molecule has 31 heavy (non-hydrogen) atoms. The largest absolute Gasteiger partial charge is 0.385 e. The number of amides is 1. The van der Waals surface area contributed by atoms with Crippen molar-refractivity contribution in [3.05, 3.63) is 59.7 Å². The van der Waals surface area contributed by atoms with E-state index in [2.05, 4.69) is 41.1 Å². The van der Waals surface area contributed by atoms with Crippen molar-refractivity contribution in [2.45, 2.75) is 37.7 Å². The first kappa shape index (κ1) is 20.5. The van der Waals surface area contributed by atoms with Gasteiger partial charge in [0, 0.05) is 50.0 Å². The number of benzene rings is 2. The number of hydrogen-bond donors (Lipinski definition) is 1. The maximum Gasteiger partial charge on any atom is 0.230 e. The standard InChI is InChI=1S/C26H33N3O2/c1-27-15-17-28(18-16-27)24-6-3-2-5-20(24)19-21-11-14-29(25(21)30)23-9-7-22(8-10-23)26(31)12-4-13-26/h2-3,5-10,21,31H,4,11-19H2,1H3/t21-/m0/s1. The summed E-state index contributed by atoms with van der Waals surface area (Å²) in [5.74, 6) is 0.257. The van der Waals surface area contributed by atoms with Crippen molar-refractivity contribution < 1.29 is 9.90 Å². The molecule has 2 saturated heterocycles. The van der Waals surface area contributed by atoms with Gasteiger partial charge in [0.15, 0.2) is 0 Å². The second-order valence-electron chi connectivity index (χ2n) is 9.53. The van der Waals surface area contributed by atoms with Gasteiger partial charge in [-0.1, -0.05) is 30.3 Å². The van der Waals surface area contributed by atoms with Gasteiger partial charge < -0.3 is 19.8 Å². The van der Waals surface area contributed by atoms with Crippen LogP contribution >= 0.6 is 0 Å². The Morgan fingerprint density at radius 3 is 2.35 bits per heavy atom. The maximum atomic E-state index is 13.2. The van der Waals surface area contributed by atoms with Crippen LogP contribution in [0, 0.1) is 5.92 Å². The molecule has 0 unspecified atom stereocenters. The molecule has 2 heterocycles. The van der Waals surface area contributed by atoms with Crippen LogP contribution in [-0.2, 0) is 16.8 Å². The summed E-state index contributed by atoms with van der Waals surface area (Å²) in [6.45, 7) is 5.00. The SMILES string of the molecule is CN1CCN(c2ccccc2C[C@@H]2CCN(c3ccc(C4(O)CCC4)cc3)C2=O)CC1. The van der Waals surface area contributed by atoms with Crippen LogP contribution in [0.2, 0.25) is 0 Å². The molecule has 2 aromatic rings. The number of likely N-dealkylation sites (N-methyl/N-ethyl adjacent to an activating group) is 1. The summed E-state index contributed by atoms with van der Waals surface area (Å²) in [6.07, 6.45) is 4.45. The number of rotatable bonds is 5. The van der Waals surface area contributed by atoms with E-state index in [-0.39, 0.29) is 11.8 Å². The summed E-state index contributed by atoms with van der Waals surface area (Å²) in [5, 5.41) is 10.6. The van der Waals surface area contributed by atoms with E-state index < -0.39 is 5.60 Å². The van der Waals surface area contributed by atoms with Crippen molar-refractivity contribution in [1.29, 1.82) is 0 Å². The first-order chi connectivity index (χ1) is 15.0. The molecule has 1 N–H and O–H groups in total. The fourth-order valence-electron chi connectivity index (χ4n) is 5.24. The zero-order valence-electron chi connectivity index (χ0n) is 18.5. The minimum atomic E-state index is -0.650. The smallest absolute Gasteiger partial charge is 0.230 e. The van der Waals surface area contributed by atoms with Gasteiger partial charge in [0.1, 0.15) is 0 Å². The lowest BCUT2D eigenvalue weighted by atomic mass is 9.75. The summed E-state index contributed by atoms with van der Waals surface area (Å²) in [6, 6.07) is 16.6. The van der Waals surface area contributed by atoms with Gasteiger partial charge in [-0.2, -0.15) is 0 Å². The fourth-order valence-corrected chi connectivity index (χ4v) is 5.24. The van der Waals surface area contributed by atoms with Gasteiger partial charge in [0.2, 0.25) is 5.91 Å². The maximum absolute atomic E-state index is 13.2. The third kappa shape index (κ3) is 3.97. The van der Waals surface area contributed by atoms with Crippen LogP contribution in [0.5, 0.6) is 0 Å². The average molecular weight is 420 g/mol. The van der Waals surface area contributed by atoms with Crippen molar-refractivity contribution in [3.63, 3.8) is 0 Å². The molecule has 1 aliphatic carbocycles. The van der Waals surface area contributed by atoms with Gasteiger partial charge in [0.25, 0.3) is 0 Å². The van der Waals surface area contributed by atoms with Crippen molar-refractivity contribution in [1.82, 2.24) is 4.90 Å². The van der Waals surface area contributed by atoms with Gasteiger partial charge in [-0.15, -0.1) is 0 Å². The number of para-hydroxylation sites is 1. The van der Waals surface area contributed by atoms with E-state index in [1.807, 2.05) is 29.2 Å². The predicted molar refractivity (Wildman–Crippen MR) is 125 cm³/mol. The molecule has 1 amide bonds. The highest BCUT2D eigenvalue weighted by Crippen LogP contribution is 2.41. The van der Waals surface area contributed by atoms with Crippen LogP contribution in [0.15, 0.2) is 48.5 Å². The summed E-state index contributed by atoms with van der Waals surface area (Å²) in [5.41, 5.74) is 3.86. The lowest BCUT2D eigenvalue weighted by molar-refractivity contribution is -0.120. The Balaban J connectivity index is 1.28. The van der Waals surface area contributed by atoms with Crippen molar-refractivity contribution in [3.8, 4) is 0 Å². The first-order valence-electron chi connectivity index (χ1n) is 11.7. The van der Waals surface area contributed by atoms with Crippen LogP contribution < -0.4 is 9.80 Å². The summed E-state index contributed by atoms with van der Waals surface area (Å²) < 4.78 is 0. The Kier molecular flexibility index (Phi) is 5.49. The first-order valence-corrected chi connectivity index (χ1v) is 11.7. The molecule has 5 heteroatoms. The topological polar surface area (TPSA) is 47.0 Å². The van der Waals surface area contributed by atoms with Gasteiger partial charge >= 0.3 is 0 Å². The third-order valence-electron chi connectivity index (χ3n) is 7.52. The van der Waals surface area contributed by atoms with Crippen molar-refractivity contribution in [2.75, 3.05) is 49.6 Å². The van der Waals surface area contributed by atoms with Gasteiger partial charge in [0.05, 0.1) is 5.60 Å². The van der Waals surface area contributed by atoms with Gasteiger partial charge in [-0.05, 0) is 68.5 Å². The lowest BCUT2D eigenvalue weighted by Crippen LogP contribution is -2.44. The number of carbonyl (C=O) groups excluding carboxylic acids is 1. The molecule has 164 valence electrons. The Hall–Kier alpha value is -2.37. The summed E-state index contributed by atoms with van der Waals surface area (Å²) in [4.78, 5) is 20.0. The Morgan fingerprint density at radius 1 is 0.968 bits per heavy atom. The van der Waals surface area contributed by atoms with Crippen LogP contribution in [0.1, 0.15) is 36.8 Å². The number of aliphatic hydroxyl groups is 1. The quantitative estimate of drug-likeness (QED) is 0.807. The van der Waals surface area contributed by atoms with E-state index in [0.29, 0.717) is 0 Å². The molecule has 3 fully saturated rings. The number of nitrogens with zero attached hydrogens (tertiary/aromatic N) is 3. The van der Waals surface area contributed by atoms with Crippen LogP contribution in [0.4, 0.5) is 11.4 Å². The van der Waals surface area contributed by atoms with E-state index in [9.17, 15) is 9.90 Å². The number of anilines is 2. The second kappa shape index (κ2) is 8.29. The minimum Gasteiger partial charge on any atom is -0.385 e. The number of carbonyl (C=O) groups is 1. The van der Waals surface area contributed by atoms with E-state index in [0.717, 1.165) is 76.1 Å². The Morgan fingerprint density at radius 2 is 1.68 bits per heavy atom. The Bertz CT molecular complexity index is 930. The molecule has 1 saturated carbocycles. The molecule has 0 radical (unpaired) electrons. The molecular weight excluding hydrogens is 386 g/mol. The second-order valence-corrected chi connectivity index (χ2v) is 9.53. The number of hydrogen-bond acceptors (Lipinski definition) is 4. The molecular formula is C26H33N3O2. The lowest BCUT2D eigenvalue weighted by Gasteiger charge is -2.37. The molecule has 0 bridgehead atoms. The monoisotopic (exact) mass is 419 g/mol. The van der Waals surface area contributed by atoms with Crippen LogP contribution in [0.3, 0.4) is 0 Å². The molecule has 5 rings (SSSR count). The van der Waals surface area contributed by atoms with Crippen molar-refractivity contribution in [2.24, 2.45) is 5.92 Å². The van der Waals surface area contributed by atoms with Crippen LogP contribution in [-0.4, -0.2) is 55.7 Å². The molecule has 1 atom stereocenters. The minimum absolute atomic E-state index is 0.0316. The van der Waals surface area contributed by atoms with Crippen LogP contribution in [0.25, 0.3) is 0 Å². The highest BCUT2D eigenvalue weighted by molar-refractivity contribution is 5.97. The van der Waals surface area contributed by atoms with Gasteiger partial charge in [-0.25, -0.2) is 0 Å². The molecule has 0 aromatic heterocycles. The normalized spacial score (nSPS) is 23.8. The third-order valence-corrected chi connectivity index (χ3v) is 7.52. The zero-order chi connectivity index (χ0) is 21.4. The predicted octanol–water partition coefficient (Wildman–Crippen LogP) is 3.41. The van der Waals surface area contributed by atoms with Crippen molar-refractivity contribution >= 4 is 17.3 Å². The molecule has 5 nitrogen and oxygen atoms in total. The van der Waals surface area contributed by atoms with E-state index in [4.69, 9.17) is 0 Å². The van der Waals surface area contributed by atoms with Gasteiger partial charge in [-0.3, -0.25) is 4.79 Å². The fraction of sp³-hybridized carbons (Fsp3) is 0.500. The van der Waals surface area contributed by atoms with E-state index in [1.165, 1.54) is 11.3 Å². The summed E-state index contributed by atoms with van der Waals surface area (Å²) in [7, 11) is 2.17. The molecule has 2 aliphatic heterocycles. The Labute approximate surface area is 185 Å². The van der Waals surface area contributed by atoms with E-state index >= 15 is 0 Å². The van der Waals surface area contributed by atoms with E-state index in [1.54, 1.807) is 0 Å². The molecule has 0 spiro atoms.